The van der Waals surface area contributed by atoms with Crippen molar-refractivity contribution >= 4 is 33.6 Å². The van der Waals surface area contributed by atoms with E-state index in [1.165, 1.54) is 26.4 Å². The lowest BCUT2D eigenvalue weighted by Crippen LogP contribution is -2.30. The average molecular weight is 490 g/mol. The van der Waals surface area contributed by atoms with E-state index < -0.39 is 21.2 Å². The Morgan fingerprint density at radius 2 is 2.09 bits per heavy atom. The van der Waals surface area contributed by atoms with E-state index in [1.54, 1.807) is 61.4 Å². The molecule has 3 heterocycles. The van der Waals surface area contributed by atoms with Crippen molar-refractivity contribution in [3.8, 4) is 5.75 Å². The van der Waals surface area contributed by atoms with Crippen LogP contribution in [0.15, 0.2) is 46.7 Å². The number of amides is 1. The summed E-state index contributed by atoms with van der Waals surface area (Å²) in [6.07, 6.45) is 6.20. The van der Waals surface area contributed by atoms with Crippen molar-refractivity contribution in [3.63, 3.8) is 0 Å². The number of ether oxygens (including phenoxy) is 1. The molecule has 34 heavy (non-hydrogen) atoms. The van der Waals surface area contributed by atoms with Gasteiger partial charge in [-0.05, 0) is 32.9 Å². The molecule has 0 aliphatic heterocycles. The van der Waals surface area contributed by atoms with Gasteiger partial charge in [0.25, 0.3) is 5.91 Å². The summed E-state index contributed by atoms with van der Waals surface area (Å²) < 4.78 is 29.8. The number of aromatic nitrogens is 4. The number of pyridine rings is 1. The third-order valence-corrected chi connectivity index (χ3v) is 8.00. The van der Waals surface area contributed by atoms with Gasteiger partial charge < -0.3 is 15.8 Å². The minimum atomic E-state index is -3.23. The van der Waals surface area contributed by atoms with E-state index in [-0.39, 0.29) is 22.8 Å². The van der Waals surface area contributed by atoms with E-state index in [9.17, 15) is 13.9 Å². The number of methoxy groups -OCH3 is 1. The molecule has 5 N–H and O–H groups in total. The van der Waals surface area contributed by atoms with Crippen LogP contribution in [-0.2, 0) is 18.4 Å². The molecular weight excluding hydrogens is 458 g/mol. The number of carbonyl (C=O) groups is 1. The number of hydrogen-bond donors (Lipinski definition) is 4. The van der Waals surface area contributed by atoms with Gasteiger partial charge in [-0.3, -0.25) is 28.0 Å². The van der Waals surface area contributed by atoms with E-state index >= 15 is 0 Å². The summed E-state index contributed by atoms with van der Waals surface area (Å²) in [6, 6.07) is 3.42. The predicted molar refractivity (Wildman–Crippen MR) is 133 cm³/mol. The van der Waals surface area contributed by atoms with E-state index in [0.717, 1.165) is 5.69 Å². The number of aliphatic imine (C=N–C) groups is 1. The van der Waals surface area contributed by atoms with Gasteiger partial charge in [-0.2, -0.15) is 15.7 Å². The van der Waals surface area contributed by atoms with E-state index in [0.29, 0.717) is 17.1 Å². The SMILES string of the molecule is CN=C(/C=C(\N)c1cnc2cc(OC)c(S(O)(O)C(C)(C)C)cn12)C(=O)NCc1ccnn1C. The lowest BCUT2D eigenvalue weighted by Gasteiger charge is -2.44. The number of rotatable bonds is 7. The van der Waals surface area contributed by atoms with E-state index in [2.05, 4.69) is 20.4 Å². The van der Waals surface area contributed by atoms with E-state index in [4.69, 9.17) is 10.5 Å². The van der Waals surface area contributed by atoms with E-state index in [1.807, 2.05) is 0 Å². The third-order valence-electron chi connectivity index (χ3n) is 5.37. The Balaban J connectivity index is 1.96. The number of aryl methyl sites for hydroxylation is 1. The van der Waals surface area contributed by atoms with Gasteiger partial charge in [0.15, 0.2) is 0 Å². The Morgan fingerprint density at radius 1 is 1.38 bits per heavy atom. The fourth-order valence-corrected chi connectivity index (χ4v) is 4.53. The summed E-state index contributed by atoms with van der Waals surface area (Å²) in [5.74, 6) is -0.0859. The molecule has 0 bridgehead atoms. The van der Waals surface area contributed by atoms with Gasteiger partial charge in [-0.15, -0.1) is 0 Å². The molecule has 0 saturated heterocycles. The molecule has 3 rings (SSSR count). The molecule has 0 fully saturated rings. The highest BCUT2D eigenvalue weighted by atomic mass is 32.3. The summed E-state index contributed by atoms with van der Waals surface area (Å²) in [5, 5.41) is 6.87. The van der Waals surface area contributed by atoms with Crippen LogP contribution in [0.5, 0.6) is 5.75 Å². The molecule has 0 atom stereocenters. The molecule has 11 nitrogen and oxygen atoms in total. The maximum atomic E-state index is 12.7. The molecule has 3 aromatic rings. The largest absolute Gasteiger partial charge is 0.495 e. The average Bonchev–Trinajstić information content (AvgIpc) is 3.39. The highest BCUT2D eigenvalue weighted by molar-refractivity contribution is 8.25. The first-order valence-electron chi connectivity index (χ1n) is 10.4. The fourth-order valence-electron chi connectivity index (χ4n) is 3.19. The quantitative estimate of drug-likeness (QED) is 0.372. The zero-order valence-electron chi connectivity index (χ0n) is 20.1. The Morgan fingerprint density at radius 3 is 2.65 bits per heavy atom. The number of carbonyl (C=O) groups excluding carboxylic acids is 1. The van der Waals surface area contributed by atoms with Gasteiger partial charge in [0, 0.05) is 32.6 Å². The molecule has 1 amide bonds. The van der Waals surface area contributed by atoms with Crippen molar-refractivity contribution in [1.29, 1.82) is 0 Å². The molecule has 0 aromatic carbocycles. The Labute approximate surface area is 199 Å². The first kappa shape index (κ1) is 25.3. The Bertz CT molecular complexity index is 1270. The zero-order chi connectivity index (χ0) is 25.3. The van der Waals surface area contributed by atoms with Gasteiger partial charge in [0.05, 0.1) is 41.7 Å². The number of fused-ring (bicyclic) bond motifs is 1. The number of imidazole rings is 1. The molecule has 0 unspecified atom stereocenters. The molecule has 0 spiro atoms. The summed E-state index contributed by atoms with van der Waals surface area (Å²) >= 11 is 0. The summed E-state index contributed by atoms with van der Waals surface area (Å²) in [5.41, 5.74) is 8.47. The first-order chi connectivity index (χ1) is 15.9. The highest BCUT2D eigenvalue weighted by Gasteiger charge is 2.34. The normalized spacial score (nSPS) is 13.9. The molecule has 3 aromatic heterocycles. The molecule has 12 heteroatoms. The van der Waals surface area contributed by atoms with Crippen molar-refractivity contribution in [2.24, 2.45) is 17.8 Å². The van der Waals surface area contributed by atoms with Gasteiger partial charge in [0.2, 0.25) is 0 Å². The number of nitrogens with zero attached hydrogens (tertiary/aromatic N) is 5. The third kappa shape index (κ3) is 4.79. The minimum absolute atomic E-state index is 0.127. The maximum absolute atomic E-state index is 12.7. The lowest BCUT2D eigenvalue weighted by molar-refractivity contribution is -0.114. The second-order valence-corrected chi connectivity index (χ2v) is 11.3. The molecule has 0 aliphatic rings. The fraction of sp³-hybridized carbons (Fsp3) is 0.364. The van der Waals surface area contributed by atoms with Gasteiger partial charge in [-0.1, -0.05) is 0 Å². The van der Waals surface area contributed by atoms with Crippen molar-refractivity contribution in [3.05, 3.63) is 48.2 Å². The maximum Gasteiger partial charge on any atom is 0.269 e. The van der Waals surface area contributed by atoms with Crippen LogP contribution in [0.25, 0.3) is 11.3 Å². The van der Waals surface area contributed by atoms with Gasteiger partial charge >= 0.3 is 0 Å². The van der Waals surface area contributed by atoms with Gasteiger partial charge in [0.1, 0.15) is 22.0 Å². The summed E-state index contributed by atoms with van der Waals surface area (Å²) in [4.78, 5) is 21.3. The molecule has 0 aliphatic carbocycles. The zero-order valence-corrected chi connectivity index (χ0v) is 20.9. The van der Waals surface area contributed by atoms with Crippen LogP contribution in [0.2, 0.25) is 0 Å². The molecular formula is C22H31N7O4S. The molecule has 0 radical (unpaired) electrons. The smallest absolute Gasteiger partial charge is 0.269 e. The predicted octanol–water partition coefficient (Wildman–Crippen LogP) is 2.67. The topological polar surface area (TPSA) is 152 Å². The molecule has 184 valence electrons. The van der Waals surface area contributed by atoms with Crippen molar-refractivity contribution in [1.82, 2.24) is 24.5 Å². The van der Waals surface area contributed by atoms with Crippen molar-refractivity contribution in [2.75, 3.05) is 14.2 Å². The minimum Gasteiger partial charge on any atom is -0.495 e. The molecule has 0 saturated carbocycles. The van der Waals surface area contributed by atoms with Crippen LogP contribution in [0.3, 0.4) is 0 Å². The second kappa shape index (κ2) is 9.49. The first-order valence-corrected chi connectivity index (χ1v) is 12.0. The standard InChI is InChI=1S/C22H31N7O4S/c1-22(2,3)34(31,32)19-13-29-17(12-25-20(29)10-18(19)33-6)15(23)9-16(24-4)21(30)26-11-14-7-8-27-28(14)5/h7-10,12-13,31-32H,11,23H2,1-6H3,(H,26,30)/b15-9-,24-16?. The monoisotopic (exact) mass is 489 g/mol. The van der Waals surface area contributed by atoms with Crippen LogP contribution in [0, 0.1) is 0 Å². The van der Waals surface area contributed by atoms with Crippen LogP contribution in [-0.4, -0.2) is 58.8 Å². The number of nitrogens with one attached hydrogen (secondary N) is 1. The number of hydrogen-bond acceptors (Lipinski definition) is 8. The number of nitrogens with two attached hydrogens (primary N) is 1. The Hall–Kier alpha value is -3.35. The highest BCUT2D eigenvalue weighted by Crippen LogP contribution is 2.61. The van der Waals surface area contributed by atoms with Crippen LogP contribution >= 0.6 is 10.6 Å². The lowest BCUT2D eigenvalue weighted by atomic mass is 10.2. The second-order valence-electron chi connectivity index (χ2n) is 8.58. The van der Waals surface area contributed by atoms with Crippen molar-refractivity contribution in [2.45, 2.75) is 37.0 Å². The Kier molecular flexibility index (Phi) is 7.05. The summed E-state index contributed by atoms with van der Waals surface area (Å²) in [6.45, 7) is 5.50. The van der Waals surface area contributed by atoms with Gasteiger partial charge in [-0.25, -0.2) is 4.98 Å². The van der Waals surface area contributed by atoms with Crippen LogP contribution in [0.1, 0.15) is 32.2 Å². The van der Waals surface area contributed by atoms with Crippen LogP contribution in [0.4, 0.5) is 0 Å². The van der Waals surface area contributed by atoms with Crippen molar-refractivity contribution < 1.29 is 18.6 Å². The van der Waals surface area contributed by atoms with Crippen LogP contribution < -0.4 is 15.8 Å². The summed E-state index contributed by atoms with van der Waals surface area (Å²) in [7, 11) is 1.51.